The summed E-state index contributed by atoms with van der Waals surface area (Å²) in [5, 5.41) is 0. The minimum Gasteiger partial charge on any atom is -0.493 e. The van der Waals surface area contributed by atoms with Gasteiger partial charge in [-0.3, -0.25) is 4.90 Å². The molecule has 1 aliphatic heterocycles. The molecular formula is C15H21NO. The van der Waals surface area contributed by atoms with Gasteiger partial charge in [-0.1, -0.05) is 43.3 Å². The van der Waals surface area contributed by atoms with Gasteiger partial charge in [0.05, 0.1) is 6.54 Å². The lowest BCUT2D eigenvalue weighted by atomic mass is 10.1. The summed E-state index contributed by atoms with van der Waals surface area (Å²) in [5.74, 6) is 0.885. The number of piperidine rings is 1. The highest BCUT2D eigenvalue weighted by Crippen LogP contribution is 2.11. The second-order valence-electron chi connectivity index (χ2n) is 4.65. The highest BCUT2D eigenvalue weighted by molar-refractivity contribution is 5.13. The van der Waals surface area contributed by atoms with Crippen molar-refractivity contribution in [3.63, 3.8) is 0 Å². The monoisotopic (exact) mass is 231 g/mol. The van der Waals surface area contributed by atoms with Gasteiger partial charge in [-0.05, 0) is 31.5 Å². The lowest BCUT2D eigenvalue weighted by molar-refractivity contribution is 0.149. The fourth-order valence-corrected chi connectivity index (χ4v) is 2.17. The van der Waals surface area contributed by atoms with Crippen molar-refractivity contribution in [1.82, 2.24) is 4.90 Å². The van der Waals surface area contributed by atoms with Crippen LogP contribution in [0.1, 0.15) is 24.8 Å². The van der Waals surface area contributed by atoms with Crippen molar-refractivity contribution >= 4 is 0 Å². The second-order valence-corrected chi connectivity index (χ2v) is 4.65. The Balaban J connectivity index is 1.70. The Kier molecular flexibility index (Phi) is 4.63. The van der Waals surface area contributed by atoms with Gasteiger partial charge < -0.3 is 4.74 Å². The molecular weight excluding hydrogens is 210 g/mol. The fourth-order valence-electron chi connectivity index (χ4n) is 2.17. The summed E-state index contributed by atoms with van der Waals surface area (Å²) >= 11 is 0. The minimum absolute atomic E-state index is 0.632. The summed E-state index contributed by atoms with van der Waals surface area (Å²) in [4.78, 5) is 2.43. The normalized spacial score (nSPS) is 16.7. The highest BCUT2D eigenvalue weighted by atomic mass is 16.5. The second kappa shape index (κ2) is 6.45. The van der Waals surface area contributed by atoms with Crippen LogP contribution in [0, 0.1) is 0 Å². The van der Waals surface area contributed by atoms with E-state index in [0.29, 0.717) is 6.61 Å². The third kappa shape index (κ3) is 4.23. The summed E-state index contributed by atoms with van der Waals surface area (Å²) in [7, 11) is 0. The Morgan fingerprint density at radius 3 is 2.53 bits per heavy atom. The first-order chi connectivity index (χ1) is 8.34. The molecule has 0 radical (unpaired) electrons. The topological polar surface area (TPSA) is 12.5 Å². The average Bonchev–Trinajstić information content (AvgIpc) is 2.39. The van der Waals surface area contributed by atoms with E-state index in [0.717, 1.165) is 12.3 Å². The van der Waals surface area contributed by atoms with Crippen LogP contribution in [-0.4, -0.2) is 24.5 Å². The molecule has 0 saturated carbocycles. The summed E-state index contributed by atoms with van der Waals surface area (Å²) in [6.45, 7) is 7.89. The van der Waals surface area contributed by atoms with E-state index in [-0.39, 0.29) is 0 Å². The van der Waals surface area contributed by atoms with Crippen LogP contribution in [-0.2, 0) is 11.3 Å². The molecule has 0 aromatic heterocycles. The van der Waals surface area contributed by atoms with E-state index in [1.54, 1.807) is 0 Å². The molecule has 1 fully saturated rings. The average molecular weight is 231 g/mol. The Morgan fingerprint density at radius 1 is 1.12 bits per heavy atom. The lowest BCUT2D eigenvalue weighted by Crippen LogP contribution is -2.31. The van der Waals surface area contributed by atoms with Gasteiger partial charge >= 0.3 is 0 Å². The van der Waals surface area contributed by atoms with Gasteiger partial charge in [-0.2, -0.15) is 0 Å². The third-order valence-electron chi connectivity index (χ3n) is 3.13. The van der Waals surface area contributed by atoms with Crippen LogP contribution in [0.2, 0.25) is 0 Å². The predicted molar refractivity (Wildman–Crippen MR) is 70.7 cm³/mol. The van der Waals surface area contributed by atoms with Crippen molar-refractivity contribution in [2.45, 2.75) is 25.9 Å². The molecule has 0 aliphatic carbocycles. The summed E-state index contributed by atoms with van der Waals surface area (Å²) in [5.41, 5.74) is 1.20. The maximum atomic E-state index is 5.69. The summed E-state index contributed by atoms with van der Waals surface area (Å²) in [6, 6.07) is 10.2. The molecule has 92 valence electrons. The number of rotatable bonds is 5. The molecule has 1 aromatic carbocycles. The van der Waals surface area contributed by atoms with Crippen LogP contribution in [0.4, 0.5) is 0 Å². The SMILES string of the molecule is C=C(CN1CCCCC1)OCc1ccccc1. The van der Waals surface area contributed by atoms with Crippen molar-refractivity contribution in [3.8, 4) is 0 Å². The molecule has 0 bridgehead atoms. The molecule has 1 saturated heterocycles. The van der Waals surface area contributed by atoms with Crippen LogP contribution in [0.3, 0.4) is 0 Å². The molecule has 0 unspecified atom stereocenters. The van der Waals surface area contributed by atoms with Gasteiger partial charge in [-0.15, -0.1) is 0 Å². The quantitative estimate of drug-likeness (QED) is 0.722. The molecule has 1 heterocycles. The Hall–Kier alpha value is -1.28. The molecule has 0 spiro atoms. The maximum absolute atomic E-state index is 5.69. The molecule has 0 amide bonds. The Morgan fingerprint density at radius 2 is 1.82 bits per heavy atom. The molecule has 0 N–H and O–H groups in total. The molecule has 1 aliphatic rings. The van der Waals surface area contributed by atoms with Gasteiger partial charge in [-0.25, -0.2) is 0 Å². The van der Waals surface area contributed by atoms with Gasteiger partial charge in [0.15, 0.2) is 0 Å². The van der Waals surface area contributed by atoms with Gasteiger partial charge in [0.2, 0.25) is 0 Å². The third-order valence-corrected chi connectivity index (χ3v) is 3.13. The molecule has 2 rings (SSSR count). The zero-order valence-corrected chi connectivity index (χ0v) is 10.4. The number of likely N-dealkylation sites (tertiary alicyclic amines) is 1. The van der Waals surface area contributed by atoms with Crippen molar-refractivity contribution < 1.29 is 4.74 Å². The van der Waals surface area contributed by atoms with Crippen molar-refractivity contribution in [1.29, 1.82) is 0 Å². The molecule has 2 nitrogen and oxygen atoms in total. The summed E-state index contributed by atoms with van der Waals surface area (Å²) in [6.07, 6.45) is 3.99. The number of hydrogen-bond acceptors (Lipinski definition) is 2. The van der Waals surface area contributed by atoms with E-state index >= 15 is 0 Å². The van der Waals surface area contributed by atoms with E-state index < -0.39 is 0 Å². The summed E-state index contributed by atoms with van der Waals surface area (Å²) < 4.78 is 5.69. The minimum atomic E-state index is 0.632. The maximum Gasteiger partial charge on any atom is 0.113 e. The number of ether oxygens (including phenoxy) is 1. The first-order valence-corrected chi connectivity index (χ1v) is 6.41. The van der Waals surface area contributed by atoms with E-state index in [4.69, 9.17) is 4.74 Å². The zero-order chi connectivity index (χ0) is 11.9. The smallest absolute Gasteiger partial charge is 0.113 e. The lowest BCUT2D eigenvalue weighted by Gasteiger charge is -2.26. The van der Waals surface area contributed by atoms with Crippen LogP contribution in [0.5, 0.6) is 0 Å². The van der Waals surface area contributed by atoms with Gasteiger partial charge in [0.1, 0.15) is 12.4 Å². The van der Waals surface area contributed by atoms with Crippen LogP contribution < -0.4 is 0 Å². The number of benzene rings is 1. The first kappa shape index (κ1) is 12.2. The predicted octanol–water partition coefficient (Wildman–Crippen LogP) is 3.20. The first-order valence-electron chi connectivity index (χ1n) is 6.41. The molecule has 1 aromatic rings. The van der Waals surface area contributed by atoms with Crippen LogP contribution in [0.25, 0.3) is 0 Å². The van der Waals surface area contributed by atoms with Crippen molar-refractivity contribution in [3.05, 3.63) is 48.2 Å². The van der Waals surface area contributed by atoms with E-state index in [2.05, 4.69) is 23.6 Å². The number of nitrogens with zero attached hydrogens (tertiary/aromatic N) is 1. The Labute approximate surface area is 104 Å². The number of hydrogen-bond donors (Lipinski definition) is 0. The molecule has 0 atom stereocenters. The Bertz CT molecular complexity index is 341. The van der Waals surface area contributed by atoms with E-state index in [9.17, 15) is 0 Å². The highest BCUT2D eigenvalue weighted by Gasteiger charge is 2.11. The fraction of sp³-hybridized carbons (Fsp3) is 0.467. The van der Waals surface area contributed by atoms with Crippen molar-refractivity contribution in [2.75, 3.05) is 19.6 Å². The van der Waals surface area contributed by atoms with Gasteiger partial charge in [0, 0.05) is 0 Å². The van der Waals surface area contributed by atoms with Crippen LogP contribution >= 0.6 is 0 Å². The molecule has 2 heteroatoms. The largest absolute Gasteiger partial charge is 0.493 e. The van der Waals surface area contributed by atoms with E-state index in [1.807, 2.05) is 18.2 Å². The van der Waals surface area contributed by atoms with E-state index in [1.165, 1.54) is 37.9 Å². The van der Waals surface area contributed by atoms with Crippen LogP contribution in [0.15, 0.2) is 42.7 Å². The van der Waals surface area contributed by atoms with Crippen molar-refractivity contribution in [2.24, 2.45) is 0 Å². The standard InChI is InChI=1S/C15H21NO/c1-14(12-16-10-6-3-7-11-16)17-13-15-8-4-2-5-9-15/h2,4-5,8-9H,1,3,6-7,10-13H2. The van der Waals surface area contributed by atoms with Gasteiger partial charge in [0.25, 0.3) is 0 Å². The molecule has 17 heavy (non-hydrogen) atoms. The zero-order valence-electron chi connectivity index (χ0n) is 10.4.